The lowest BCUT2D eigenvalue weighted by molar-refractivity contribution is 0.0696. The average molecular weight is 413 g/mol. The van der Waals surface area contributed by atoms with Crippen LogP contribution < -0.4 is 5.32 Å². The number of carboxylic acids is 1. The zero-order valence-electron chi connectivity index (χ0n) is 16.3. The molecule has 0 amide bonds. The highest BCUT2D eigenvalue weighted by Crippen LogP contribution is 2.46. The molecule has 0 unspecified atom stereocenters. The predicted octanol–water partition coefficient (Wildman–Crippen LogP) is 5.47. The van der Waals surface area contributed by atoms with Crippen LogP contribution in [0.25, 0.3) is 20.3 Å². The third kappa shape index (κ3) is 3.52. The van der Waals surface area contributed by atoms with Gasteiger partial charge in [-0.2, -0.15) is 0 Å². The Morgan fingerprint density at radius 2 is 2.07 bits per heavy atom. The van der Waals surface area contributed by atoms with E-state index < -0.39 is 5.97 Å². The van der Waals surface area contributed by atoms with Crippen LogP contribution in [-0.2, 0) is 19.4 Å². The lowest BCUT2D eigenvalue weighted by atomic mass is 9.76. The summed E-state index contributed by atoms with van der Waals surface area (Å²) in [5.74, 6) is -0.836. The van der Waals surface area contributed by atoms with Crippen molar-refractivity contribution in [2.75, 3.05) is 7.05 Å². The number of hydrogen-bond donors (Lipinski definition) is 2. The molecule has 0 bridgehead atoms. The number of aromatic carboxylic acids is 1. The predicted molar refractivity (Wildman–Crippen MR) is 116 cm³/mol. The van der Waals surface area contributed by atoms with Crippen LogP contribution >= 0.6 is 22.7 Å². The van der Waals surface area contributed by atoms with E-state index in [0.717, 1.165) is 51.7 Å². The molecule has 4 nitrogen and oxygen atoms in total. The second-order valence-corrected chi connectivity index (χ2v) is 10.2. The summed E-state index contributed by atoms with van der Waals surface area (Å²) in [5, 5.41) is 14.0. The quantitative estimate of drug-likeness (QED) is 0.583. The summed E-state index contributed by atoms with van der Waals surface area (Å²) in [7, 11) is 1.94. The molecule has 2 heterocycles. The molecule has 0 radical (unpaired) electrons. The van der Waals surface area contributed by atoms with Crippen molar-refractivity contribution >= 4 is 28.6 Å². The molecular weight excluding hydrogens is 388 g/mol. The van der Waals surface area contributed by atoms with Crippen LogP contribution in [0.5, 0.6) is 0 Å². The zero-order chi connectivity index (χ0) is 19.9. The van der Waals surface area contributed by atoms with E-state index in [1.54, 1.807) is 22.7 Å². The maximum Gasteiger partial charge on any atom is 0.337 e. The van der Waals surface area contributed by atoms with E-state index in [1.165, 1.54) is 10.4 Å². The van der Waals surface area contributed by atoms with Crippen LogP contribution in [-0.4, -0.2) is 23.1 Å². The Hall–Kier alpha value is -2.02. The molecule has 1 aliphatic rings. The van der Waals surface area contributed by atoms with Gasteiger partial charge in [0.25, 0.3) is 0 Å². The SMILES string of the molecule is CNCc1ccccc1-c1cnc(-c2sc3c(c2C(=O)O)CC(C)(C)CC3)s1. The highest BCUT2D eigenvalue weighted by molar-refractivity contribution is 7.23. The van der Waals surface area contributed by atoms with Gasteiger partial charge in [0.1, 0.15) is 5.01 Å². The number of aromatic nitrogens is 1. The Bertz CT molecular complexity index is 1030. The topological polar surface area (TPSA) is 62.2 Å². The molecular formula is C22H24N2O2S2. The van der Waals surface area contributed by atoms with Crippen molar-refractivity contribution < 1.29 is 9.90 Å². The molecule has 1 aromatic carbocycles. The number of nitrogens with one attached hydrogen (secondary N) is 1. The van der Waals surface area contributed by atoms with Crippen LogP contribution in [0.3, 0.4) is 0 Å². The lowest BCUT2D eigenvalue weighted by Crippen LogP contribution is -2.22. The minimum Gasteiger partial charge on any atom is -0.478 e. The van der Waals surface area contributed by atoms with E-state index in [9.17, 15) is 9.90 Å². The van der Waals surface area contributed by atoms with Gasteiger partial charge in [0, 0.05) is 17.6 Å². The third-order valence-electron chi connectivity index (χ3n) is 5.34. The van der Waals surface area contributed by atoms with Gasteiger partial charge in [-0.1, -0.05) is 38.1 Å². The smallest absolute Gasteiger partial charge is 0.337 e. The number of hydrogen-bond acceptors (Lipinski definition) is 5. The highest BCUT2D eigenvalue weighted by Gasteiger charge is 2.33. The van der Waals surface area contributed by atoms with E-state index in [2.05, 4.69) is 36.3 Å². The number of thiazole rings is 1. The fourth-order valence-corrected chi connectivity index (χ4v) is 6.28. The summed E-state index contributed by atoms with van der Waals surface area (Å²) in [6.07, 6.45) is 4.75. The maximum atomic E-state index is 12.1. The Morgan fingerprint density at radius 1 is 1.29 bits per heavy atom. The second-order valence-electron chi connectivity index (χ2n) is 8.07. The Labute approximate surface area is 173 Å². The number of aryl methyl sites for hydroxylation is 1. The standard InChI is InChI=1S/C22H24N2O2S2/c1-22(2)9-8-16-15(10-22)18(21(25)26)19(27-16)20-24-12-17(28-20)14-7-5-4-6-13(14)11-23-3/h4-7,12,23H,8-11H2,1-3H3,(H,25,26). The molecule has 0 aliphatic heterocycles. The van der Waals surface area contributed by atoms with Crippen molar-refractivity contribution in [3.05, 3.63) is 52.0 Å². The van der Waals surface area contributed by atoms with E-state index in [0.29, 0.717) is 5.56 Å². The van der Waals surface area contributed by atoms with Gasteiger partial charge in [-0.15, -0.1) is 22.7 Å². The largest absolute Gasteiger partial charge is 0.478 e. The number of fused-ring (bicyclic) bond motifs is 1. The molecule has 0 saturated heterocycles. The summed E-state index contributed by atoms with van der Waals surface area (Å²) in [6, 6.07) is 8.28. The lowest BCUT2D eigenvalue weighted by Gasteiger charge is -2.29. The first kappa shape index (κ1) is 19.3. The first-order valence-electron chi connectivity index (χ1n) is 9.46. The van der Waals surface area contributed by atoms with Crippen LogP contribution in [0.1, 0.15) is 46.6 Å². The van der Waals surface area contributed by atoms with E-state index in [-0.39, 0.29) is 5.41 Å². The molecule has 3 aromatic rings. The third-order valence-corrected chi connectivity index (χ3v) is 7.81. The van der Waals surface area contributed by atoms with Crippen molar-refractivity contribution in [3.63, 3.8) is 0 Å². The van der Waals surface area contributed by atoms with Crippen LogP contribution in [0.15, 0.2) is 30.5 Å². The molecule has 146 valence electrons. The van der Waals surface area contributed by atoms with Crippen molar-refractivity contribution in [1.82, 2.24) is 10.3 Å². The molecule has 1 aliphatic carbocycles. The van der Waals surface area contributed by atoms with Gasteiger partial charge in [0.15, 0.2) is 0 Å². The minimum absolute atomic E-state index is 0.148. The average Bonchev–Trinajstić information content (AvgIpc) is 3.26. The molecule has 6 heteroatoms. The summed E-state index contributed by atoms with van der Waals surface area (Å²) in [5.41, 5.74) is 4.01. The van der Waals surface area contributed by atoms with Gasteiger partial charge in [-0.05, 0) is 48.4 Å². The van der Waals surface area contributed by atoms with Gasteiger partial charge in [0.2, 0.25) is 0 Å². The Kier molecular flexibility index (Phi) is 5.12. The summed E-state index contributed by atoms with van der Waals surface area (Å²) >= 11 is 3.20. The number of benzene rings is 1. The molecule has 28 heavy (non-hydrogen) atoms. The second kappa shape index (κ2) is 7.43. The first-order chi connectivity index (χ1) is 13.4. The number of rotatable bonds is 5. The zero-order valence-corrected chi connectivity index (χ0v) is 18.0. The van der Waals surface area contributed by atoms with Gasteiger partial charge in [-0.3, -0.25) is 0 Å². The molecule has 0 atom stereocenters. The molecule has 2 N–H and O–H groups in total. The number of carbonyl (C=O) groups is 1. The number of nitrogens with zero attached hydrogens (tertiary/aromatic N) is 1. The fourth-order valence-electron chi connectivity index (χ4n) is 3.91. The van der Waals surface area contributed by atoms with Crippen molar-refractivity contribution in [2.45, 2.75) is 39.7 Å². The Morgan fingerprint density at radius 3 is 2.82 bits per heavy atom. The van der Waals surface area contributed by atoms with Gasteiger partial charge >= 0.3 is 5.97 Å². The minimum atomic E-state index is -0.836. The summed E-state index contributed by atoms with van der Waals surface area (Å²) in [6.45, 7) is 5.23. The fraction of sp³-hybridized carbons (Fsp3) is 0.364. The first-order valence-corrected chi connectivity index (χ1v) is 11.1. The Balaban J connectivity index is 1.78. The van der Waals surface area contributed by atoms with Crippen LogP contribution in [0.4, 0.5) is 0 Å². The van der Waals surface area contributed by atoms with E-state index >= 15 is 0 Å². The van der Waals surface area contributed by atoms with Crippen LogP contribution in [0.2, 0.25) is 0 Å². The van der Waals surface area contributed by atoms with Gasteiger partial charge in [-0.25, -0.2) is 9.78 Å². The molecule has 0 fully saturated rings. The van der Waals surface area contributed by atoms with E-state index in [1.807, 2.05) is 25.4 Å². The normalized spacial score (nSPS) is 15.4. The molecule has 2 aromatic heterocycles. The van der Waals surface area contributed by atoms with E-state index in [4.69, 9.17) is 0 Å². The number of carboxylic acid groups (broad SMARTS) is 1. The molecule has 0 saturated carbocycles. The van der Waals surface area contributed by atoms with Crippen molar-refractivity contribution in [2.24, 2.45) is 5.41 Å². The molecule has 0 spiro atoms. The van der Waals surface area contributed by atoms with Crippen LogP contribution in [0, 0.1) is 5.41 Å². The van der Waals surface area contributed by atoms with Gasteiger partial charge in [0.05, 0.1) is 15.3 Å². The highest BCUT2D eigenvalue weighted by atomic mass is 32.1. The number of thiophene rings is 1. The summed E-state index contributed by atoms with van der Waals surface area (Å²) < 4.78 is 0. The maximum absolute atomic E-state index is 12.1. The molecule has 4 rings (SSSR count). The van der Waals surface area contributed by atoms with Crippen molar-refractivity contribution in [1.29, 1.82) is 0 Å². The van der Waals surface area contributed by atoms with Crippen molar-refractivity contribution in [3.8, 4) is 20.3 Å². The summed E-state index contributed by atoms with van der Waals surface area (Å²) in [4.78, 5) is 19.9. The van der Waals surface area contributed by atoms with Gasteiger partial charge < -0.3 is 10.4 Å². The monoisotopic (exact) mass is 412 g/mol.